The van der Waals surface area contributed by atoms with Crippen LogP contribution in [-0.4, -0.2) is 49.6 Å². The highest BCUT2D eigenvalue weighted by Crippen LogP contribution is 2.38. The molecule has 9 heteroatoms. The van der Waals surface area contributed by atoms with Crippen molar-refractivity contribution in [2.45, 2.75) is 46.0 Å². The second kappa shape index (κ2) is 11.2. The molecule has 1 aliphatic rings. The molecule has 2 amide bonds. The van der Waals surface area contributed by atoms with Crippen LogP contribution in [-0.2, 0) is 22.3 Å². The van der Waals surface area contributed by atoms with Gasteiger partial charge in [0.25, 0.3) is 11.8 Å². The van der Waals surface area contributed by atoms with Gasteiger partial charge in [0.2, 0.25) is 0 Å². The fraction of sp³-hybridized carbons (Fsp3) is 0.478. The number of ether oxygens (including phenoxy) is 2. The highest BCUT2D eigenvalue weighted by atomic mass is 32.1. The number of carbonyl (C=O) groups is 3. The predicted octanol–water partition coefficient (Wildman–Crippen LogP) is 3.53. The Bertz CT molecular complexity index is 1000. The summed E-state index contributed by atoms with van der Waals surface area (Å²) in [5.41, 5.74) is 2.50. The number of fused-ring (bicyclic) bond motifs is 1. The lowest BCUT2D eigenvalue weighted by Crippen LogP contribution is -2.27. The Morgan fingerprint density at radius 3 is 2.66 bits per heavy atom. The maximum absolute atomic E-state index is 13.0. The number of thiophene rings is 1. The van der Waals surface area contributed by atoms with Crippen LogP contribution < -0.4 is 10.6 Å². The number of pyridine rings is 1. The first-order valence-electron chi connectivity index (χ1n) is 10.8. The number of aryl methyl sites for hydroxylation is 2. The largest absolute Gasteiger partial charge is 0.462 e. The molecule has 2 aromatic rings. The molecule has 2 N–H and O–H groups in total. The van der Waals surface area contributed by atoms with E-state index in [-0.39, 0.29) is 18.2 Å². The van der Waals surface area contributed by atoms with Gasteiger partial charge in [-0.1, -0.05) is 0 Å². The molecule has 0 bridgehead atoms. The zero-order valence-electron chi connectivity index (χ0n) is 18.7. The molecule has 0 atom stereocenters. The summed E-state index contributed by atoms with van der Waals surface area (Å²) in [7, 11) is 1.62. The van der Waals surface area contributed by atoms with Gasteiger partial charge in [0.05, 0.1) is 23.4 Å². The summed E-state index contributed by atoms with van der Waals surface area (Å²) in [6.45, 7) is 4.72. The third kappa shape index (κ3) is 5.52. The van der Waals surface area contributed by atoms with E-state index in [1.807, 2.05) is 0 Å². The van der Waals surface area contributed by atoms with Gasteiger partial charge in [-0.3, -0.25) is 9.59 Å². The van der Waals surface area contributed by atoms with Crippen LogP contribution in [0.3, 0.4) is 0 Å². The number of anilines is 1. The van der Waals surface area contributed by atoms with Crippen LogP contribution >= 0.6 is 11.3 Å². The zero-order chi connectivity index (χ0) is 23.1. The molecule has 0 saturated carbocycles. The van der Waals surface area contributed by atoms with E-state index in [0.29, 0.717) is 41.4 Å². The molecule has 0 fully saturated rings. The van der Waals surface area contributed by atoms with Gasteiger partial charge in [0.15, 0.2) is 0 Å². The number of amides is 2. The molecule has 0 aliphatic heterocycles. The number of esters is 1. The summed E-state index contributed by atoms with van der Waals surface area (Å²) in [5, 5.41) is 6.36. The van der Waals surface area contributed by atoms with Gasteiger partial charge in [0, 0.05) is 25.1 Å². The van der Waals surface area contributed by atoms with Gasteiger partial charge in [-0.15, -0.1) is 11.3 Å². The zero-order valence-corrected chi connectivity index (χ0v) is 19.5. The van der Waals surface area contributed by atoms with E-state index in [2.05, 4.69) is 15.6 Å². The van der Waals surface area contributed by atoms with Crippen molar-refractivity contribution in [2.24, 2.45) is 0 Å². The van der Waals surface area contributed by atoms with Gasteiger partial charge in [0.1, 0.15) is 10.7 Å². The maximum Gasteiger partial charge on any atom is 0.339 e. The highest BCUT2D eigenvalue weighted by molar-refractivity contribution is 7.17. The van der Waals surface area contributed by atoms with Crippen molar-refractivity contribution in [1.82, 2.24) is 10.3 Å². The summed E-state index contributed by atoms with van der Waals surface area (Å²) in [4.78, 5) is 43.3. The first-order chi connectivity index (χ1) is 15.5. The monoisotopic (exact) mass is 459 g/mol. The van der Waals surface area contributed by atoms with Crippen molar-refractivity contribution in [3.63, 3.8) is 0 Å². The van der Waals surface area contributed by atoms with Crippen LogP contribution in [0.1, 0.15) is 73.5 Å². The van der Waals surface area contributed by atoms with E-state index >= 15 is 0 Å². The first kappa shape index (κ1) is 23.9. The first-order valence-corrected chi connectivity index (χ1v) is 11.7. The number of nitrogens with one attached hydrogen (secondary N) is 2. The lowest BCUT2D eigenvalue weighted by molar-refractivity contribution is 0.0524. The van der Waals surface area contributed by atoms with Crippen LogP contribution in [0.4, 0.5) is 5.00 Å². The topological polar surface area (TPSA) is 107 Å². The molecular weight excluding hydrogens is 430 g/mol. The van der Waals surface area contributed by atoms with Crippen molar-refractivity contribution in [3.05, 3.63) is 45.1 Å². The number of hydrogen-bond acceptors (Lipinski definition) is 7. The molecule has 0 radical (unpaired) electrons. The second-order valence-corrected chi connectivity index (χ2v) is 8.63. The van der Waals surface area contributed by atoms with Gasteiger partial charge in [-0.2, -0.15) is 0 Å². The number of aromatic nitrogens is 1. The Balaban J connectivity index is 1.81. The fourth-order valence-corrected chi connectivity index (χ4v) is 4.96. The summed E-state index contributed by atoms with van der Waals surface area (Å²) in [5.74, 6) is -1.07. The molecule has 2 aromatic heterocycles. The molecule has 1 aliphatic carbocycles. The predicted molar refractivity (Wildman–Crippen MR) is 123 cm³/mol. The van der Waals surface area contributed by atoms with Crippen molar-refractivity contribution < 1.29 is 23.9 Å². The molecular formula is C23H29N3O5S. The van der Waals surface area contributed by atoms with Crippen LogP contribution in [0.5, 0.6) is 0 Å². The molecule has 8 nitrogen and oxygen atoms in total. The molecule has 3 rings (SSSR count). The minimum atomic E-state index is -0.470. The molecule has 32 heavy (non-hydrogen) atoms. The summed E-state index contributed by atoms with van der Waals surface area (Å²) in [6, 6.07) is 3.03. The number of nitrogens with zero attached hydrogens (tertiary/aromatic N) is 1. The number of carbonyl (C=O) groups excluding carboxylic acids is 3. The number of rotatable bonds is 9. The third-order valence-corrected chi connectivity index (χ3v) is 6.46. The average molecular weight is 460 g/mol. The minimum absolute atomic E-state index is 0.174. The van der Waals surface area contributed by atoms with Crippen LogP contribution in [0, 0.1) is 6.92 Å². The maximum atomic E-state index is 13.0. The van der Waals surface area contributed by atoms with E-state index in [9.17, 15) is 14.4 Å². The third-order valence-electron chi connectivity index (χ3n) is 5.25. The number of hydrogen-bond donors (Lipinski definition) is 2. The van der Waals surface area contributed by atoms with Crippen LogP contribution in [0.2, 0.25) is 0 Å². The Morgan fingerprint density at radius 2 is 1.94 bits per heavy atom. The van der Waals surface area contributed by atoms with Crippen molar-refractivity contribution in [1.29, 1.82) is 0 Å². The van der Waals surface area contributed by atoms with Gasteiger partial charge in [-0.25, -0.2) is 9.78 Å². The van der Waals surface area contributed by atoms with Crippen LogP contribution in [0.15, 0.2) is 12.1 Å². The minimum Gasteiger partial charge on any atom is -0.462 e. The van der Waals surface area contributed by atoms with E-state index in [1.54, 1.807) is 21.0 Å². The van der Waals surface area contributed by atoms with Crippen molar-refractivity contribution in [3.8, 4) is 0 Å². The SMILES string of the molecule is CCOC(=O)c1ccc(C(=O)Nc2sc3c(c2C(=O)NCCCOC)CCCC3)nc1C. The Kier molecular flexibility index (Phi) is 8.35. The quantitative estimate of drug-likeness (QED) is 0.439. The molecule has 2 heterocycles. The second-order valence-electron chi connectivity index (χ2n) is 7.52. The van der Waals surface area contributed by atoms with Gasteiger partial charge in [-0.05, 0) is 63.6 Å². The molecule has 172 valence electrons. The van der Waals surface area contributed by atoms with E-state index in [0.717, 1.165) is 36.1 Å². The highest BCUT2D eigenvalue weighted by Gasteiger charge is 2.27. The number of methoxy groups -OCH3 is 1. The van der Waals surface area contributed by atoms with Crippen molar-refractivity contribution >= 4 is 34.1 Å². The molecule has 0 aromatic carbocycles. The summed E-state index contributed by atoms with van der Waals surface area (Å²) in [6.07, 6.45) is 4.55. The van der Waals surface area contributed by atoms with E-state index < -0.39 is 11.9 Å². The van der Waals surface area contributed by atoms with E-state index in [1.165, 1.54) is 23.5 Å². The lowest BCUT2D eigenvalue weighted by atomic mass is 9.95. The Labute approximate surface area is 191 Å². The van der Waals surface area contributed by atoms with Gasteiger partial charge >= 0.3 is 5.97 Å². The standard InChI is InChI=1S/C23H29N3O5S/c1-4-31-23(29)15-10-11-17(25-14(15)2)20(27)26-22-19(21(28)24-12-7-13-30-3)16-8-5-6-9-18(16)32-22/h10-11H,4-9,12-13H2,1-3H3,(H,24,28)(H,26,27). The molecule has 0 spiro atoms. The van der Waals surface area contributed by atoms with E-state index in [4.69, 9.17) is 9.47 Å². The molecule has 0 saturated heterocycles. The summed E-state index contributed by atoms with van der Waals surface area (Å²) < 4.78 is 10.0. The van der Waals surface area contributed by atoms with Gasteiger partial charge < -0.3 is 20.1 Å². The normalized spacial score (nSPS) is 12.7. The Morgan fingerprint density at radius 1 is 1.16 bits per heavy atom. The van der Waals surface area contributed by atoms with Crippen molar-refractivity contribution in [2.75, 3.05) is 32.2 Å². The Hall–Kier alpha value is -2.78. The lowest BCUT2D eigenvalue weighted by Gasteiger charge is -2.13. The fourth-order valence-electron chi connectivity index (χ4n) is 3.68. The average Bonchev–Trinajstić information content (AvgIpc) is 3.14. The smallest absolute Gasteiger partial charge is 0.339 e. The molecule has 0 unspecified atom stereocenters. The summed E-state index contributed by atoms with van der Waals surface area (Å²) >= 11 is 1.46. The van der Waals surface area contributed by atoms with Crippen LogP contribution in [0.25, 0.3) is 0 Å².